The Balaban J connectivity index is 2.12. The van der Waals surface area contributed by atoms with Crippen molar-refractivity contribution in [3.63, 3.8) is 0 Å². The molecule has 2 aromatic rings. The Hall–Kier alpha value is -2.07. The minimum atomic E-state index is 0.801. The van der Waals surface area contributed by atoms with Crippen molar-refractivity contribution in [2.24, 2.45) is 0 Å². The number of anilines is 1. The van der Waals surface area contributed by atoms with Gasteiger partial charge in [0.2, 0.25) is 0 Å². The number of benzene rings is 1. The van der Waals surface area contributed by atoms with Crippen molar-refractivity contribution in [1.29, 1.82) is 0 Å². The molecule has 112 valence electrons. The Kier molecular flexibility index (Phi) is 5.17. The second-order valence-corrected chi connectivity index (χ2v) is 5.15. The number of rotatable bonds is 6. The molecule has 4 nitrogen and oxygen atoms in total. The molecule has 0 radical (unpaired) electrons. The van der Waals surface area contributed by atoms with Gasteiger partial charge in [0.25, 0.3) is 0 Å². The molecule has 0 bridgehead atoms. The first-order chi connectivity index (χ1) is 10.1. The molecule has 0 unspecified atom stereocenters. The molecule has 21 heavy (non-hydrogen) atoms. The summed E-state index contributed by atoms with van der Waals surface area (Å²) in [5, 5.41) is 3.16. The highest BCUT2D eigenvalue weighted by atomic mass is 16.5. The van der Waals surface area contributed by atoms with Crippen molar-refractivity contribution in [1.82, 2.24) is 10.3 Å². The Morgan fingerprint density at radius 1 is 1.24 bits per heavy atom. The maximum absolute atomic E-state index is 5.26. The summed E-state index contributed by atoms with van der Waals surface area (Å²) in [5.41, 5.74) is 3.51. The van der Waals surface area contributed by atoms with E-state index in [-0.39, 0.29) is 0 Å². The van der Waals surface area contributed by atoms with Crippen LogP contribution in [0.4, 0.5) is 5.82 Å². The van der Waals surface area contributed by atoms with Crippen LogP contribution in [0.25, 0.3) is 0 Å². The van der Waals surface area contributed by atoms with Gasteiger partial charge in [-0.25, -0.2) is 4.98 Å². The van der Waals surface area contributed by atoms with E-state index < -0.39 is 0 Å². The third-order valence-electron chi connectivity index (χ3n) is 3.49. The van der Waals surface area contributed by atoms with Gasteiger partial charge in [0.15, 0.2) is 0 Å². The van der Waals surface area contributed by atoms with Crippen LogP contribution in [0.1, 0.15) is 16.8 Å². The minimum Gasteiger partial charge on any atom is -0.497 e. The highest BCUT2D eigenvalue weighted by Gasteiger charge is 2.07. The van der Waals surface area contributed by atoms with E-state index in [0.717, 1.165) is 30.4 Å². The number of ether oxygens (including phenoxy) is 1. The zero-order valence-corrected chi connectivity index (χ0v) is 13.2. The highest BCUT2D eigenvalue weighted by molar-refractivity contribution is 5.42. The maximum Gasteiger partial charge on any atom is 0.128 e. The predicted octanol–water partition coefficient (Wildman–Crippen LogP) is 2.75. The van der Waals surface area contributed by atoms with E-state index in [2.05, 4.69) is 53.4 Å². The van der Waals surface area contributed by atoms with Crippen LogP contribution in [0.3, 0.4) is 0 Å². The molecule has 1 aromatic carbocycles. The monoisotopic (exact) mass is 285 g/mol. The van der Waals surface area contributed by atoms with Crippen LogP contribution in [-0.4, -0.2) is 26.2 Å². The summed E-state index contributed by atoms with van der Waals surface area (Å²) in [7, 11) is 5.69. The quantitative estimate of drug-likeness (QED) is 0.885. The number of pyridine rings is 1. The molecular formula is C17H23N3O. The zero-order chi connectivity index (χ0) is 15.2. The molecule has 0 saturated carbocycles. The normalized spacial score (nSPS) is 10.5. The lowest BCUT2D eigenvalue weighted by molar-refractivity contribution is 0.414. The van der Waals surface area contributed by atoms with Crippen molar-refractivity contribution in [3.8, 4) is 5.75 Å². The van der Waals surface area contributed by atoms with Gasteiger partial charge in [0, 0.05) is 25.8 Å². The van der Waals surface area contributed by atoms with Gasteiger partial charge in [-0.3, -0.25) is 0 Å². The van der Waals surface area contributed by atoms with Crippen LogP contribution in [0.5, 0.6) is 5.75 Å². The van der Waals surface area contributed by atoms with Gasteiger partial charge < -0.3 is 15.0 Å². The number of methoxy groups -OCH3 is 1. The largest absolute Gasteiger partial charge is 0.497 e. The Morgan fingerprint density at radius 3 is 2.71 bits per heavy atom. The topological polar surface area (TPSA) is 37.4 Å². The summed E-state index contributed by atoms with van der Waals surface area (Å²) in [6.45, 7) is 3.70. The van der Waals surface area contributed by atoms with Crippen molar-refractivity contribution >= 4 is 5.82 Å². The molecule has 0 saturated heterocycles. The Morgan fingerprint density at radius 2 is 2.05 bits per heavy atom. The fourth-order valence-corrected chi connectivity index (χ4v) is 2.29. The number of nitrogens with one attached hydrogen (secondary N) is 1. The second kappa shape index (κ2) is 7.09. The van der Waals surface area contributed by atoms with E-state index in [1.54, 1.807) is 7.11 Å². The first-order valence-corrected chi connectivity index (χ1v) is 7.09. The SMILES string of the molecule is CNCc1ccc(N(C)Cc2cccc(OC)c2)nc1C. The van der Waals surface area contributed by atoms with Gasteiger partial charge in [0.1, 0.15) is 11.6 Å². The van der Waals surface area contributed by atoms with Crippen molar-refractivity contribution in [2.45, 2.75) is 20.0 Å². The fourth-order valence-electron chi connectivity index (χ4n) is 2.29. The van der Waals surface area contributed by atoms with Crippen molar-refractivity contribution in [3.05, 3.63) is 53.2 Å². The smallest absolute Gasteiger partial charge is 0.128 e. The number of nitrogens with zero attached hydrogens (tertiary/aromatic N) is 2. The fraction of sp³-hybridized carbons (Fsp3) is 0.353. The Labute approximate surface area is 126 Å². The van der Waals surface area contributed by atoms with E-state index in [0.29, 0.717) is 0 Å². The summed E-state index contributed by atoms with van der Waals surface area (Å²) in [5.74, 6) is 1.87. The van der Waals surface area contributed by atoms with Crippen LogP contribution >= 0.6 is 0 Å². The van der Waals surface area contributed by atoms with E-state index in [1.807, 2.05) is 19.2 Å². The molecule has 0 aliphatic rings. The lowest BCUT2D eigenvalue weighted by Crippen LogP contribution is -2.18. The van der Waals surface area contributed by atoms with Gasteiger partial charge >= 0.3 is 0 Å². The van der Waals surface area contributed by atoms with Gasteiger partial charge in [-0.15, -0.1) is 0 Å². The van der Waals surface area contributed by atoms with Gasteiger partial charge in [-0.1, -0.05) is 18.2 Å². The number of hydrogen-bond acceptors (Lipinski definition) is 4. The number of aryl methyl sites for hydroxylation is 1. The summed E-state index contributed by atoms with van der Waals surface area (Å²) >= 11 is 0. The molecule has 1 aromatic heterocycles. The molecule has 0 aliphatic heterocycles. The van der Waals surface area contributed by atoms with Crippen LogP contribution in [-0.2, 0) is 13.1 Å². The highest BCUT2D eigenvalue weighted by Crippen LogP contribution is 2.18. The third-order valence-corrected chi connectivity index (χ3v) is 3.49. The van der Waals surface area contributed by atoms with Crippen LogP contribution in [0.2, 0.25) is 0 Å². The van der Waals surface area contributed by atoms with Crippen LogP contribution < -0.4 is 15.0 Å². The van der Waals surface area contributed by atoms with Crippen molar-refractivity contribution in [2.75, 3.05) is 26.1 Å². The molecule has 1 heterocycles. The standard InChI is InChI=1S/C17H23N3O/c1-13-15(11-18-2)8-9-17(19-13)20(3)12-14-6-5-7-16(10-14)21-4/h5-10,18H,11-12H2,1-4H3. The lowest BCUT2D eigenvalue weighted by atomic mass is 10.2. The lowest BCUT2D eigenvalue weighted by Gasteiger charge is -2.20. The van der Waals surface area contributed by atoms with E-state index >= 15 is 0 Å². The predicted molar refractivity (Wildman–Crippen MR) is 86.8 cm³/mol. The van der Waals surface area contributed by atoms with E-state index in [9.17, 15) is 0 Å². The Bertz CT molecular complexity index is 598. The van der Waals surface area contributed by atoms with Gasteiger partial charge in [-0.2, -0.15) is 0 Å². The van der Waals surface area contributed by atoms with Crippen LogP contribution in [0.15, 0.2) is 36.4 Å². The molecule has 0 aliphatic carbocycles. The summed E-state index contributed by atoms with van der Waals surface area (Å²) in [6, 6.07) is 12.3. The molecule has 0 atom stereocenters. The molecule has 4 heteroatoms. The van der Waals surface area contributed by atoms with Gasteiger partial charge in [-0.05, 0) is 43.3 Å². The molecule has 0 fully saturated rings. The van der Waals surface area contributed by atoms with Gasteiger partial charge in [0.05, 0.1) is 7.11 Å². The second-order valence-electron chi connectivity index (χ2n) is 5.15. The average Bonchev–Trinajstić information content (AvgIpc) is 2.49. The van der Waals surface area contributed by atoms with Crippen molar-refractivity contribution < 1.29 is 4.74 Å². The minimum absolute atomic E-state index is 0.801. The molecule has 0 spiro atoms. The summed E-state index contributed by atoms with van der Waals surface area (Å²) in [6.07, 6.45) is 0. The van der Waals surface area contributed by atoms with E-state index in [1.165, 1.54) is 11.1 Å². The zero-order valence-electron chi connectivity index (χ0n) is 13.2. The number of hydrogen-bond donors (Lipinski definition) is 1. The molecule has 1 N–H and O–H groups in total. The maximum atomic E-state index is 5.26. The van der Waals surface area contributed by atoms with Crippen LogP contribution in [0, 0.1) is 6.92 Å². The number of aromatic nitrogens is 1. The average molecular weight is 285 g/mol. The summed E-state index contributed by atoms with van der Waals surface area (Å²) < 4.78 is 5.26. The first kappa shape index (κ1) is 15.3. The molecule has 0 amide bonds. The van der Waals surface area contributed by atoms with E-state index in [4.69, 9.17) is 4.74 Å². The third kappa shape index (κ3) is 3.95. The molecular weight excluding hydrogens is 262 g/mol. The summed E-state index contributed by atoms with van der Waals surface area (Å²) in [4.78, 5) is 6.83. The molecule has 2 rings (SSSR count). The first-order valence-electron chi connectivity index (χ1n) is 7.09.